The number of H-pyrrole nitrogens is 2. The highest BCUT2D eigenvalue weighted by atomic mass is 31.2. The van der Waals surface area contributed by atoms with E-state index in [-0.39, 0.29) is 25.2 Å². The lowest BCUT2D eigenvalue weighted by molar-refractivity contribution is -0.0784. The lowest BCUT2D eigenvalue weighted by atomic mass is 9.93. The summed E-state index contributed by atoms with van der Waals surface area (Å²) < 4.78 is 57.2. The summed E-state index contributed by atoms with van der Waals surface area (Å²) >= 11 is 0. The Morgan fingerprint density at radius 3 is 1.96 bits per heavy atom. The van der Waals surface area contributed by atoms with E-state index in [9.17, 15) is 28.6 Å². The van der Waals surface area contributed by atoms with Gasteiger partial charge in [0.2, 0.25) is 0 Å². The van der Waals surface area contributed by atoms with Crippen LogP contribution in [0.1, 0.15) is 52.1 Å². The standard InChI is InChI=1S/C35H51N6O13P/c1-21(2)50-20-26-24(29(48-5)32(52-26)40-17-11-27(42)37-34(40)44)10-16-39(15-9-23-7-13-36-14-8-23)19-25-30(54-55(46,47)53-22(3)4)31(49-6)33(51-25)41-18-12-28(43)38-35(41)45/h7-8,11-14,17-18,21-22,24-26,29-33H,9-10,15-16,19-20H2,1-6H3,(H,46,47)(H,37,42,44)(H,38,43,45)/t24-,25-,26-,29-,30-,31-,32-,33-/m1/s1. The van der Waals surface area contributed by atoms with Crippen molar-refractivity contribution in [3.05, 3.63) is 96.3 Å². The van der Waals surface area contributed by atoms with Gasteiger partial charge in [-0.3, -0.25) is 42.7 Å². The van der Waals surface area contributed by atoms with Gasteiger partial charge in [-0.2, -0.15) is 0 Å². The molecule has 0 aliphatic carbocycles. The average molecular weight is 795 g/mol. The Bertz CT molecular complexity index is 1970. The van der Waals surface area contributed by atoms with Crippen molar-refractivity contribution < 1.29 is 42.2 Å². The van der Waals surface area contributed by atoms with E-state index in [1.165, 1.54) is 37.2 Å². The van der Waals surface area contributed by atoms with Gasteiger partial charge < -0.3 is 33.5 Å². The first-order chi connectivity index (χ1) is 26.2. The first-order valence-corrected chi connectivity index (χ1v) is 19.6. The van der Waals surface area contributed by atoms with E-state index in [4.69, 9.17) is 32.7 Å². The number of hydrogen-bond donors (Lipinski definition) is 3. The molecule has 2 saturated heterocycles. The molecule has 2 aliphatic rings. The van der Waals surface area contributed by atoms with Crippen LogP contribution in [0.5, 0.6) is 0 Å². The first kappa shape index (κ1) is 42.5. The van der Waals surface area contributed by atoms with Crippen molar-refractivity contribution in [2.24, 2.45) is 5.92 Å². The summed E-state index contributed by atoms with van der Waals surface area (Å²) in [6.07, 6.45) is -0.0383. The zero-order chi connectivity index (χ0) is 39.9. The molecule has 0 aromatic carbocycles. The first-order valence-electron chi connectivity index (χ1n) is 18.1. The summed E-state index contributed by atoms with van der Waals surface area (Å²) in [4.78, 5) is 71.0. The fraction of sp³-hybridized carbons (Fsp3) is 0.629. The normalized spacial score (nSPS) is 26.7. The second-order valence-electron chi connectivity index (χ2n) is 14.0. The molecule has 0 amide bonds. The highest BCUT2D eigenvalue weighted by Gasteiger charge is 2.51. The summed E-state index contributed by atoms with van der Waals surface area (Å²) in [7, 11) is -1.78. The number of nitrogens with zero attached hydrogens (tertiary/aromatic N) is 4. The zero-order valence-corrected chi connectivity index (χ0v) is 32.6. The van der Waals surface area contributed by atoms with E-state index in [2.05, 4.69) is 19.9 Å². The Balaban J connectivity index is 1.46. The molecule has 5 heterocycles. The summed E-state index contributed by atoms with van der Waals surface area (Å²) in [5.41, 5.74) is -1.55. The van der Waals surface area contributed by atoms with E-state index in [1.807, 2.05) is 26.0 Å². The fourth-order valence-corrected chi connectivity index (χ4v) is 8.12. The molecule has 20 heteroatoms. The number of hydrogen-bond acceptors (Lipinski definition) is 14. The second kappa shape index (κ2) is 19.0. The van der Waals surface area contributed by atoms with Gasteiger partial charge in [0.25, 0.3) is 11.1 Å². The third-order valence-corrected chi connectivity index (χ3v) is 10.6. The van der Waals surface area contributed by atoms with Crippen molar-refractivity contribution in [3.63, 3.8) is 0 Å². The summed E-state index contributed by atoms with van der Waals surface area (Å²) in [6, 6.07) is 6.20. The van der Waals surface area contributed by atoms with Gasteiger partial charge in [0, 0.05) is 70.1 Å². The number of phosphoric ester groups is 1. The van der Waals surface area contributed by atoms with Crippen molar-refractivity contribution in [1.29, 1.82) is 0 Å². The number of methoxy groups -OCH3 is 2. The van der Waals surface area contributed by atoms with Gasteiger partial charge in [0.15, 0.2) is 12.5 Å². The number of aromatic nitrogens is 5. The second-order valence-corrected chi connectivity index (χ2v) is 15.4. The summed E-state index contributed by atoms with van der Waals surface area (Å²) in [6.45, 7) is 8.22. The summed E-state index contributed by atoms with van der Waals surface area (Å²) in [5, 5.41) is 0. The van der Waals surface area contributed by atoms with Crippen LogP contribution in [0.25, 0.3) is 0 Å². The Morgan fingerprint density at radius 2 is 1.42 bits per heavy atom. The molecule has 304 valence electrons. The highest BCUT2D eigenvalue weighted by molar-refractivity contribution is 7.47. The highest BCUT2D eigenvalue weighted by Crippen LogP contribution is 2.50. The van der Waals surface area contributed by atoms with Crippen LogP contribution in [-0.2, 0) is 43.7 Å². The molecule has 0 radical (unpaired) electrons. The largest absolute Gasteiger partial charge is 0.472 e. The van der Waals surface area contributed by atoms with Gasteiger partial charge >= 0.3 is 19.2 Å². The van der Waals surface area contributed by atoms with Crippen molar-refractivity contribution in [2.75, 3.05) is 40.5 Å². The molecule has 1 unspecified atom stereocenters. The van der Waals surface area contributed by atoms with E-state index in [0.717, 1.165) is 16.2 Å². The van der Waals surface area contributed by atoms with Gasteiger partial charge in [0.1, 0.15) is 24.4 Å². The van der Waals surface area contributed by atoms with Crippen LogP contribution in [0.2, 0.25) is 0 Å². The quantitative estimate of drug-likeness (QED) is 0.145. The van der Waals surface area contributed by atoms with Gasteiger partial charge in [-0.25, -0.2) is 14.2 Å². The average Bonchev–Trinajstić information content (AvgIpc) is 3.64. The molecule has 9 atom stereocenters. The molecule has 55 heavy (non-hydrogen) atoms. The zero-order valence-electron chi connectivity index (χ0n) is 31.7. The third-order valence-electron chi connectivity index (χ3n) is 9.45. The Labute approximate surface area is 317 Å². The number of ether oxygens (including phenoxy) is 5. The van der Waals surface area contributed by atoms with Crippen LogP contribution in [0.3, 0.4) is 0 Å². The molecular weight excluding hydrogens is 743 g/mol. The number of nitrogens with one attached hydrogen (secondary N) is 2. The minimum Gasteiger partial charge on any atom is -0.376 e. The van der Waals surface area contributed by atoms with Gasteiger partial charge in [-0.15, -0.1) is 0 Å². The smallest absolute Gasteiger partial charge is 0.376 e. The predicted octanol–water partition coefficient (Wildman–Crippen LogP) is 1.19. The lowest BCUT2D eigenvalue weighted by Crippen LogP contribution is -2.44. The minimum absolute atomic E-state index is 0.104. The molecule has 2 fully saturated rings. The number of rotatable bonds is 19. The maximum absolute atomic E-state index is 13.2. The SMILES string of the molecule is CO[C@@H]1[C@H](CCN(CCc2ccncc2)C[C@H]2O[C@@H](n3ccc(=O)[nH]c3=O)[C@H](OC)[C@@H]2OP(=O)(O)OC(C)C)[C@@H](COC(C)C)O[C@H]1n1ccc(=O)[nH]c1=O. The molecule has 0 saturated carbocycles. The maximum Gasteiger partial charge on any atom is 0.472 e. The summed E-state index contributed by atoms with van der Waals surface area (Å²) in [5.74, 6) is -0.302. The fourth-order valence-electron chi connectivity index (χ4n) is 6.97. The molecule has 19 nitrogen and oxygen atoms in total. The lowest BCUT2D eigenvalue weighted by Gasteiger charge is -2.31. The predicted molar refractivity (Wildman–Crippen MR) is 197 cm³/mol. The molecule has 3 N–H and O–H groups in total. The Kier molecular flexibility index (Phi) is 14.7. The minimum atomic E-state index is -4.67. The van der Waals surface area contributed by atoms with E-state index in [1.54, 1.807) is 26.2 Å². The van der Waals surface area contributed by atoms with Crippen molar-refractivity contribution in [3.8, 4) is 0 Å². The molecular formula is C35H51N6O13P. The van der Waals surface area contributed by atoms with Crippen LogP contribution in [-0.4, -0.2) is 117 Å². The topological polar surface area (TPSA) is 228 Å². The van der Waals surface area contributed by atoms with Crippen molar-refractivity contribution in [2.45, 2.75) is 95.7 Å². The van der Waals surface area contributed by atoms with E-state index < -0.39 is 79.4 Å². The third kappa shape index (κ3) is 11.0. The number of phosphoric acid groups is 1. The molecule has 3 aromatic rings. The molecule has 3 aromatic heterocycles. The van der Waals surface area contributed by atoms with Crippen LogP contribution < -0.4 is 22.5 Å². The Hall–Kier alpha value is -3.62. The van der Waals surface area contributed by atoms with E-state index in [0.29, 0.717) is 25.9 Å². The van der Waals surface area contributed by atoms with E-state index >= 15 is 0 Å². The molecule has 2 aliphatic heterocycles. The molecule has 0 bridgehead atoms. The van der Waals surface area contributed by atoms with Gasteiger partial charge in [-0.1, -0.05) is 0 Å². The number of pyridine rings is 1. The molecule has 0 spiro atoms. The Morgan fingerprint density at radius 1 is 0.836 bits per heavy atom. The van der Waals surface area contributed by atoms with Gasteiger partial charge in [-0.05, 0) is 64.8 Å². The molecule has 5 rings (SSSR count). The van der Waals surface area contributed by atoms with Crippen LogP contribution in [0.4, 0.5) is 0 Å². The maximum atomic E-state index is 13.2. The van der Waals surface area contributed by atoms with Crippen LogP contribution in [0, 0.1) is 5.92 Å². The van der Waals surface area contributed by atoms with Crippen LogP contribution in [0.15, 0.2) is 68.2 Å². The number of aromatic amines is 2. The monoisotopic (exact) mass is 794 g/mol. The van der Waals surface area contributed by atoms with Crippen LogP contribution >= 0.6 is 7.82 Å². The van der Waals surface area contributed by atoms with Crippen molar-refractivity contribution in [1.82, 2.24) is 29.0 Å². The van der Waals surface area contributed by atoms with Gasteiger partial charge in [0.05, 0.1) is 24.9 Å². The van der Waals surface area contributed by atoms with Crippen molar-refractivity contribution >= 4 is 7.82 Å².